The molecule has 0 aromatic carbocycles. The zero-order chi connectivity index (χ0) is 8.10. The largest absolute Gasteiger partial charge is 0.393 e. The van der Waals surface area contributed by atoms with Crippen molar-refractivity contribution in [2.24, 2.45) is 11.0 Å². The van der Waals surface area contributed by atoms with Crippen molar-refractivity contribution in [2.45, 2.75) is 12.5 Å². The summed E-state index contributed by atoms with van der Waals surface area (Å²) >= 11 is 0. The van der Waals surface area contributed by atoms with E-state index in [0.29, 0.717) is 6.54 Å². The first-order valence-corrected chi connectivity index (χ1v) is 3.74. The summed E-state index contributed by atoms with van der Waals surface area (Å²) in [4.78, 5) is 2.65. The standard InChI is InChI=1S/C6H12N4O/c7-10-9-4-5-3-8-2-1-6(5)11/h5-6,8,11H,1-4H2. The van der Waals surface area contributed by atoms with Gasteiger partial charge in [0.15, 0.2) is 0 Å². The molecule has 0 saturated carbocycles. The summed E-state index contributed by atoms with van der Waals surface area (Å²) in [7, 11) is 0. The summed E-state index contributed by atoms with van der Waals surface area (Å²) in [6, 6.07) is 0. The fourth-order valence-corrected chi connectivity index (χ4v) is 1.24. The molecule has 2 unspecified atom stereocenters. The first-order valence-electron chi connectivity index (χ1n) is 3.74. The summed E-state index contributed by atoms with van der Waals surface area (Å²) in [5.74, 6) is 0.0969. The molecule has 1 aliphatic heterocycles. The number of rotatable bonds is 2. The van der Waals surface area contributed by atoms with E-state index in [4.69, 9.17) is 5.53 Å². The highest BCUT2D eigenvalue weighted by Gasteiger charge is 2.21. The molecule has 0 aromatic rings. The second kappa shape index (κ2) is 4.18. The molecule has 62 valence electrons. The molecule has 0 aromatic heterocycles. The predicted molar refractivity (Wildman–Crippen MR) is 41.0 cm³/mol. The first kappa shape index (κ1) is 8.33. The third-order valence-corrected chi connectivity index (χ3v) is 1.95. The fraction of sp³-hybridized carbons (Fsp3) is 1.00. The van der Waals surface area contributed by atoms with E-state index in [0.717, 1.165) is 19.5 Å². The van der Waals surface area contributed by atoms with Crippen LogP contribution in [0.15, 0.2) is 5.11 Å². The Morgan fingerprint density at radius 1 is 1.73 bits per heavy atom. The van der Waals surface area contributed by atoms with Gasteiger partial charge in [-0.15, -0.1) is 0 Å². The SMILES string of the molecule is [N-]=[N+]=NCC1CNCCC1O. The predicted octanol–water partition coefficient (Wildman–Crippen LogP) is 0.267. The van der Waals surface area contributed by atoms with Gasteiger partial charge >= 0.3 is 0 Å². The van der Waals surface area contributed by atoms with E-state index >= 15 is 0 Å². The lowest BCUT2D eigenvalue weighted by molar-refractivity contribution is 0.0833. The number of aliphatic hydroxyl groups excluding tert-OH is 1. The zero-order valence-electron chi connectivity index (χ0n) is 6.27. The molecule has 0 spiro atoms. The molecule has 2 atom stereocenters. The lowest BCUT2D eigenvalue weighted by Gasteiger charge is -2.26. The molecule has 1 saturated heterocycles. The minimum atomic E-state index is -0.304. The van der Waals surface area contributed by atoms with Crippen LogP contribution in [0.2, 0.25) is 0 Å². The molecule has 0 bridgehead atoms. The Bertz CT molecular complexity index is 166. The van der Waals surface area contributed by atoms with Crippen LogP contribution in [-0.2, 0) is 0 Å². The maximum absolute atomic E-state index is 9.37. The molecule has 2 N–H and O–H groups in total. The summed E-state index contributed by atoms with van der Waals surface area (Å²) < 4.78 is 0. The van der Waals surface area contributed by atoms with Crippen molar-refractivity contribution in [2.75, 3.05) is 19.6 Å². The first-order chi connectivity index (χ1) is 5.34. The second-order valence-electron chi connectivity index (χ2n) is 2.73. The normalized spacial score (nSPS) is 31.0. The number of aliphatic hydroxyl groups is 1. The van der Waals surface area contributed by atoms with Gasteiger partial charge in [-0.1, -0.05) is 5.11 Å². The fourth-order valence-electron chi connectivity index (χ4n) is 1.24. The molecule has 0 aliphatic carbocycles. The van der Waals surface area contributed by atoms with Crippen molar-refractivity contribution in [1.82, 2.24) is 5.32 Å². The lowest BCUT2D eigenvalue weighted by Crippen LogP contribution is -2.41. The third-order valence-electron chi connectivity index (χ3n) is 1.95. The van der Waals surface area contributed by atoms with E-state index in [1.54, 1.807) is 0 Å². The van der Waals surface area contributed by atoms with Gasteiger partial charge in [-0.2, -0.15) is 0 Å². The van der Waals surface area contributed by atoms with Crippen molar-refractivity contribution in [3.8, 4) is 0 Å². The Balaban J connectivity index is 2.35. The van der Waals surface area contributed by atoms with Crippen molar-refractivity contribution >= 4 is 0 Å². The summed E-state index contributed by atoms with van der Waals surface area (Å²) in [5, 5.41) is 15.9. The van der Waals surface area contributed by atoms with Crippen LogP contribution < -0.4 is 5.32 Å². The Hall–Kier alpha value is -0.770. The number of nitrogens with one attached hydrogen (secondary N) is 1. The third kappa shape index (κ3) is 2.38. The van der Waals surface area contributed by atoms with E-state index in [9.17, 15) is 5.11 Å². The van der Waals surface area contributed by atoms with Crippen LogP contribution in [0.25, 0.3) is 10.4 Å². The zero-order valence-corrected chi connectivity index (χ0v) is 6.27. The van der Waals surface area contributed by atoms with Crippen LogP contribution in [0.1, 0.15) is 6.42 Å². The van der Waals surface area contributed by atoms with Gasteiger partial charge in [0.25, 0.3) is 0 Å². The maximum Gasteiger partial charge on any atom is 0.0593 e. The van der Waals surface area contributed by atoms with Gasteiger partial charge in [-0.25, -0.2) is 0 Å². The average molecular weight is 156 g/mol. The van der Waals surface area contributed by atoms with Crippen LogP contribution >= 0.6 is 0 Å². The molecule has 11 heavy (non-hydrogen) atoms. The molecule has 5 nitrogen and oxygen atoms in total. The molecule has 1 aliphatic rings. The van der Waals surface area contributed by atoms with Gasteiger partial charge in [0.05, 0.1) is 6.10 Å². The van der Waals surface area contributed by atoms with Crippen LogP contribution in [0.3, 0.4) is 0 Å². The van der Waals surface area contributed by atoms with Crippen LogP contribution in [0.5, 0.6) is 0 Å². The second-order valence-corrected chi connectivity index (χ2v) is 2.73. The van der Waals surface area contributed by atoms with E-state index < -0.39 is 0 Å². The van der Waals surface area contributed by atoms with Gasteiger partial charge in [-0.3, -0.25) is 0 Å². The van der Waals surface area contributed by atoms with E-state index in [1.165, 1.54) is 0 Å². The van der Waals surface area contributed by atoms with Gasteiger partial charge < -0.3 is 10.4 Å². The molecule has 0 amide bonds. The number of hydrogen-bond donors (Lipinski definition) is 2. The quantitative estimate of drug-likeness (QED) is 0.342. The highest BCUT2D eigenvalue weighted by Crippen LogP contribution is 2.10. The number of nitrogens with zero attached hydrogens (tertiary/aromatic N) is 3. The minimum absolute atomic E-state index is 0.0969. The minimum Gasteiger partial charge on any atom is -0.393 e. The van der Waals surface area contributed by atoms with Crippen LogP contribution in [0.4, 0.5) is 0 Å². The van der Waals surface area contributed by atoms with Gasteiger partial charge in [-0.05, 0) is 18.5 Å². The molecular formula is C6H12N4O. The maximum atomic E-state index is 9.37. The van der Waals surface area contributed by atoms with Gasteiger partial charge in [0.2, 0.25) is 0 Å². The topological polar surface area (TPSA) is 81.0 Å². The summed E-state index contributed by atoms with van der Waals surface area (Å²) in [5.41, 5.74) is 8.04. The highest BCUT2D eigenvalue weighted by molar-refractivity contribution is 4.78. The van der Waals surface area contributed by atoms with Gasteiger partial charge in [0.1, 0.15) is 0 Å². The Morgan fingerprint density at radius 3 is 3.18 bits per heavy atom. The van der Waals surface area contributed by atoms with Crippen LogP contribution in [0, 0.1) is 5.92 Å². The number of hydrogen-bond acceptors (Lipinski definition) is 3. The monoisotopic (exact) mass is 156 g/mol. The van der Waals surface area contributed by atoms with Gasteiger partial charge in [0, 0.05) is 23.9 Å². The molecule has 0 radical (unpaired) electrons. The Morgan fingerprint density at radius 2 is 2.55 bits per heavy atom. The Labute approximate surface area is 65.0 Å². The van der Waals surface area contributed by atoms with E-state index in [-0.39, 0.29) is 12.0 Å². The van der Waals surface area contributed by atoms with Crippen molar-refractivity contribution in [1.29, 1.82) is 0 Å². The number of azide groups is 1. The summed E-state index contributed by atoms with van der Waals surface area (Å²) in [6.07, 6.45) is 0.452. The number of piperidine rings is 1. The molecule has 5 heteroatoms. The summed E-state index contributed by atoms with van der Waals surface area (Å²) in [6.45, 7) is 2.00. The Kier molecular flexibility index (Phi) is 3.16. The lowest BCUT2D eigenvalue weighted by atomic mass is 9.97. The van der Waals surface area contributed by atoms with Crippen molar-refractivity contribution in [3.63, 3.8) is 0 Å². The highest BCUT2D eigenvalue weighted by atomic mass is 16.3. The molecular weight excluding hydrogens is 144 g/mol. The molecule has 1 fully saturated rings. The average Bonchev–Trinajstić information content (AvgIpc) is 2.03. The van der Waals surface area contributed by atoms with Crippen LogP contribution in [-0.4, -0.2) is 30.8 Å². The van der Waals surface area contributed by atoms with Crippen molar-refractivity contribution in [3.05, 3.63) is 10.4 Å². The molecule has 1 rings (SSSR count). The molecule has 1 heterocycles. The van der Waals surface area contributed by atoms with E-state index in [2.05, 4.69) is 15.3 Å². The van der Waals surface area contributed by atoms with E-state index in [1.807, 2.05) is 0 Å². The smallest absolute Gasteiger partial charge is 0.0593 e. The van der Waals surface area contributed by atoms with Crippen molar-refractivity contribution < 1.29 is 5.11 Å².